The summed E-state index contributed by atoms with van der Waals surface area (Å²) >= 11 is 3.14. The van der Waals surface area contributed by atoms with Gasteiger partial charge in [0.1, 0.15) is 5.82 Å². The highest BCUT2D eigenvalue weighted by Gasteiger charge is 2.02. The van der Waals surface area contributed by atoms with Crippen LogP contribution < -0.4 is 5.32 Å². The molecule has 0 aliphatic rings. The summed E-state index contributed by atoms with van der Waals surface area (Å²) in [6, 6.07) is 12.3. The van der Waals surface area contributed by atoms with E-state index in [0.29, 0.717) is 10.0 Å². The predicted octanol–water partition coefficient (Wildman–Crippen LogP) is 4.51. The van der Waals surface area contributed by atoms with Crippen molar-refractivity contribution in [1.29, 1.82) is 5.26 Å². The molecule has 2 nitrogen and oxygen atoms in total. The second kappa shape index (κ2) is 5.19. The van der Waals surface area contributed by atoms with Crippen LogP contribution in [0.15, 0.2) is 40.9 Å². The average Bonchev–Trinajstić information content (AvgIpc) is 2.34. The molecule has 0 radical (unpaired) electrons. The van der Waals surface area contributed by atoms with Crippen LogP contribution in [0.25, 0.3) is 0 Å². The normalized spacial score (nSPS) is 9.89. The summed E-state index contributed by atoms with van der Waals surface area (Å²) in [5, 5.41) is 12.0. The van der Waals surface area contributed by atoms with Gasteiger partial charge in [-0.25, -0.2) is 4.39 Å². The molecule has 0 unspecified atom stereocenters. The van der Waals surface area contributed by atoms with Gasteiger partial charge in [0.15, 0.2) is 0 Å². The highest BCUT2D eigenvalue weighted by atomic mass is 79.9. The fourth-order valence-corrected chi connectivity index (χ4v) is 1.99. The van der Waals surface area contributed by atoms with Crippen molar-refractivity contribution < 1.29 is 4.39 Å². The molecule has 1 N–H and O–H groups in total. The van der Waals surface area contributed by atoms with E-state index in [2.05, 4.69) is 27.3 Å². The molecule has 0 saturated carbocycles. The van der Waals surface area contributed by atoms with Crippen LogP contribution in [-0.4, -0.2) is 0 Å². The summed E-state index contributed by atoms with van der Waals surface area (Å²) in [6.07, 6.45) is 0. The first kappa shape index (κ1) is 12.6. The average molecular weight is 305 g/mol. The van der Waals surface area contributed by atoms with Crippen LogP contribution in [0.2, 0.25) is 0 Å². The molecule has 0 saturated heterocycles. The van der Waals surface area contributed by atoms with Gasteiger partial charge in [-0.1, -0.05) is 0 Å². The van der Waals surface area contributed by atoms with Gasteiger partial charge in [0.25, 0.3) is 0 Å². The SMILES string of the molecule is Cc1cc(Nc2ccc(F)c(Br)c2)ccc1C#N. The molecule has 2 aromatic carbocycles. The van der Waals surface area contributed by atoms with E-state index >= 15 is 0 Å². The minimum absolute atomic E-state index is 0.295. The molecule has 0 fully saturated rings. The van der Waals surface area contributed by atoms with Crippen LogP contribution in [0.3, 0.4) is 0 Å². The van der Waals surface area contributed by atoms with Crippen molar-refractivity contribution in [3.63, 3.8) is 0 Å². The fourth-order valence-electron chi connectivity index (χ4n) is 1.61. The van der Waals surface area contributed by atoms with Crippen LogP contribution in [0.4, 0.5) is 15.8 Å². The predicted molar refractivity (Wildman–Crippen MR) is 73.3 cm³/mol. The lowest BCUT2D eigenvalue weighted by molar-refractivity contribution is 0.621. The van der Waals surface area contributed by atoms with Gasteiger partial charge >= 0.3 is 0 Å². The van der Waals surface area contributed by atoms with Gasteiger partial charge in [-0.05, 0) is 64.8 Å². The van der Waals surface area contributed by atoms with Crippen molar-refractivity contribution in [2.45, 2.75) is 6.92 Å². The number of nitrogens with one attached hydrogen (secondary N) is 1. The van der Waals surface area contributed by atoms with E-state index in [0.717, 1.165) is 16.9 Å². The Morgan fingerprint density at radius 3 is 2.44 bits per heavy atom. The first-order valence-corrected chi connectivity index (χ1v) is 6.12. The molecule has 0 atom stereocenters. The summed E-state index contributed by atoms with van der Waals surface area (Å²) in [5.74, 6) is -0.295. The van der Waals surface area contributed by atoms with E-state index in [1.54, 1.807) is 18.2 Å². The van der Waals surface area contributed by atoms with E-state index in [9.17, 15) is 4.39 Å². The molecule has 0 aromatic heterocycles. The second-order valence-electron chi connectivity index (χ2n) is 3.90. The van der Waals surface area contributed by atoms with Crippen molar-refractivity contribution in [1.82, 2.24) is 0 Å². The highest BCUT2D eigenvalue weighted by molar-refractivity contribution is 9.10. The Morgan fingerprint density at radius 1 is 1.17 bits per heavy atom. The minimum atomic E-state index is -0.295. The fraction of sp³-hybridized carbons (Fsp3) is 0.0714. The maximum Gasteiger partial charge on any atom is 0.137 e. The Morgan fingerprint density at radius 2 is 1.83 bits per heavy atom. The van der Waals surface area contributed by atoms with Crippen LogP contribution in [0.5, 0.6) is 0 Å². The summed E-state index contributed by atoms with van der Waals surface area (Å²) in [5.41, 5.74) is 3.21. The number of halogens is 2. The van der Waals surface area contributed by atoms with Crippen LogP contribution >= 0.6 is 15.9 Å². The molecule has 18 heavy (non-hydrogen) atoms. The molecular weight excluding hydrogens is 295 g/mol. The number of hydrogen-bond donors (Lipinski definition) is 1. The molecule has 0 aliphatic heterocycles. The van der Waals surface area contributed by atoms with Crippen molar-refractivity contribution in [2.75, 3.05) is 5.32 Å². The largest absolute Gasteiger partial charge is 0.355 e. The van der Waals surface area contributed by atoms with Crippen molar-refractivity contribution in [2.24, 2.45) is 0 Å². The zero-order valence-electron chi connectivity index (χ0n) is 9.67. The maximum atomic E-state index is 13.1. The van der Waals surface area contributed by atoms with Crippen molar-refractivity contribution in [3.8, 4) is 6.07 Å². The van der Waals surface area contributed by atoms with Crippen molar-refractivity contribution >= 4 is 27.3 Å². The van der Waals surface area contributed by atoms with E-state index in [-0.39, 0.29) is 5.82 Å². The van der Waals surface area contributed by atoms with E-state index in [4.69, 9.17) is 5.26 Å². The van der Waals surface area contributed by atoms with Gasteiger partial charge in [0.05, 0.1) is 16.1 Å². The van der Waals surface area contributed by atoms with Crippen LogP contribution in [-0.2, 0) is 0 Å². The molecule has 0 spiro atoms. The summed E-state index contributed by atoms with van der Waals surface area (Å²) in [7, 11) is 0. The Kier molecular flexibility index (Phi) is 3.63. The lowest BCUT2D eigenvalue weighted by Gasteiger charge is -2.08. The summed E-state index contributed by atoms with van der Waals surface area (Å²) in [6.45, 7) is 1.88. The topological polar surface area (TPSA) is 35.8 Å². The molecule has 2 aromatic rings. The Bertz CT molecular complexity index is 632. The third-order valence-corrected chi connectivity index (χ3v) is 3.16. The Labute approximate surface area is 113 Å². The monoisotopic (exact) mass is 304 g/mol. The highest BCUT2D eigenvalue weighted by Crippen LogP contribution is 2.24. The molecule has 0 amide bonds. The standard InChI is InChI=1S/C14H10BrFN2/c1-9-6-11(3-2-10(9)8-17)18-12-4-5-14(16)13(15)7-12/h2-7,18H,1H3. The molecule has 0 bridgehead atoms. The number of rotatable bonds is 2. The lowest BCUT2D eigenvalue weighted by Crippen LogP contribution is -1.92. The minimum Gasteiger partial charge on any atom is -0.355 e. The zero-order valence-corrected chi connectivity index (χ0v) is 11.3. The van der Waals surface area contributed by atoms with E-state index in [1.165, 1.54) is 6.07 Å². The van der Waals surface area contributed by atoms with Gasteiger partial charge in [0.2, 0.25) is 0 Å². The summed E-state index contributed by atoms with van der Waals surface area (Å²) < 4.78 is 13.5. The molecule has 4 heteroatoms. The number of benzene rings is 2. The van der Waals surface area contributed by atoms with E-state index < -0.39 is 0 Å². The maximum absolute atomic E-state index is 13.1. The smallest absolute Gasteiger partial charge is 0.137 e. The van der Waals surface area contributed by atoms with Crippen LogP contribution in [0, 0.1) is 24.1 Å². The van der Waals surface area contributed by atoms with Gasteiger partial charge in [-0.15, -0.1) is 0 Å². The molecular formula is C14H10BrFN2. The third kappa shape index (κ3) is 2.69. The number of hydrogen-bond acceptors (Lipinski definition) is 2. The number of anilines is 2. The number of aryl methyl sites for hydroxylation is 1. The molecule has 2 rings (SSSR count). The molecule has 0 heterocycles. The van der Waals surface area contributed by atoms with E-state index in [1.807, 2.05) is 19.1 Å². The first-order valence-electron chi connectivity index (χ1n) is 5.33. The Balaban J connectivity index is 2.26. The molecule has 90 valence electrons. The zero-order chi connectivity index (χ0) is 13.1. The van der Waals surface area contributed by atoms with Crippen molar-refractivity contribution in [3.05, 3.63) is 57.8 Å². The van der Waals surface area contributed by atoms with Gasteiger partial charge in [-0.2, -0.15) is 5.26 Å². The number of nitriles is 1. The first-order chi connectivity index (χ1) is 8.60. The third-order valence-electron chi connectivity index (χ3n) is 2.56. The quantitative estimate of drug-likeness (QED) is 0.886. The molecule has 0 aliphatic carbocycles. The second-order valence-corrected chi connectivity index (χ2v) is 4.75. The lowest BCUT2D eigenvalue weighted by atomic mass is 10.1. The summed E-state index contributed by atoms with van der Waals surface area (Å²) in [4.78, 5) is 0. The number of nitrogens with zero attached hydrogens (tertiary/aromatic N) is 1. The van der Waals surface area contributed by atoms with Crippen LogP contribution in [0.1, 0.15) is 11.1 Å². The van der Waals surface area contributed by atoms with Gasteiger partial charge in [-0.3, -0.25) is 0 Å². The Hall–Kier alpha value is -1.86. The van der Waals surface area contributed by atoms with Gasteiger partial charge in [0, 0.05) is 11.4 Å². The van der Waals surface area contributed by atoms with Gasteiger partial charge < -0.3 is 5.32 Å².